The predicted octanol–water partition coefficient (Wildman–Crippen LogP) is 3.98. The van der Waals surface area contributed by atoms with Crippen molar-refractivity contribution in [3.8, 4) is 11.3 Å². The molecule has 2 aromatic rings. The summed E-state index contributed by atoms with van der Waals surface area (Å²) in [5.74, 6) is 1.91. The number of nitrogens with one attached hydrogen (secondary N) is 2. The monoisotopic (exact) mass is 403 g/mol. The lowest BCUT2D eigenvalue weighted by Crippen LogP contribution is -2.22. The highest BCUT2D eigenvalue weighted by Crippen LogP contribution is 2.28. The number of nitrogens with two attached hydrogens (primary N) is 1. The lowest BCUT2D eigenvalue weighted by Gasteiger charge is -2.22. The van der Waals surface area contributed by atoms with Gasteiger partial charge in [-0.2, -0.15) is 0 Å². The molecule has 0 aliphatic carbocycles. The summed E-state index contributed by atoms with van der Waals surface area (Å²) in [4.78, 5) is 8.59. The first-order chi connectivity index (χ1) is 13.7. The molecular formula is C21H30ClN5O. The standard InChI is InChI=1S/C16H19ClN4O.C5H11N/c17-13-10-19-15(18)8-12(13)14-2-1-3-16(21-14)20-9-11-4-6-22-7-5-11;1-2-4-6-5-3-1/h1-3,8,10-11H,4-7,9H2,(H2,18,19)(H,20,21);6H,1-5H2. The summed E-state index contributed by atoms with van der Waals surface area (Å²) in [5, 5.41) is 7.23. The number of hydrogen-bond donors (Lipinski definition) is 3. The molecule has 0 atom stereocenters. The Kier molecular flexibility index (Phi) is 8.33. The van der Waals surface area contributed by atoms with Gasteiger partial charge in [-0.15, -0.1) is 0 Å². The normalized spacial score (nSPS) is 17.5. The van der Waals surface area contributed by atoms with Crippen molar-refractivity contribution in [1.82, 2.24) is 15.3 Å². The van der Waals surface area contributed by atoms with Crippen LogP contribution in [0.5, 0.6) is 0 Å². The van der Waals surface area contributed by atoms with E-state index in [1.54, 1.807) is 12.3 Å². The summed E-state index contributed by atoms with van der Waals surface area (Å²) >= 11 is 6.19. The molecule has 4 rings (SSSR count). The zero-order valence-electron chi connectivity index (χ0n) is 16.3. The van der Waals surface area contributed by atoms with E-state index in [1.165, 1.54) is 32.4 Å². The van der Waals surface area contributed by atoms with E-state index < -0.39 is 0 Å². The van der Waals surface area contributed by atoms with Gasteiger partial charge >= 0.3 is 0 Å². The van der Waals surface area contributed by atoms with Crippen LogP contribution < -0.4 is 16.4 Å². The Bertz CT molecular complexity index is 721. The zero-order chi connectivity index (χ0) is 19.6. The van der Waals surface area contributed by atoms with Gasteiger partial charge in [-0.1, -0.05) is 24.1 Å². The lowest BCUT2D eigenvalue weighted by molar-refractivity contribution is 0.0699. The van der Waals surface area contributed by atoms with Crippen molar-refractivity contribution in [2.45, 2.75) is 32.1 Å². The first kappa shape index (κ1) is 20.8. The van der Waals surface area contributed by atoms with Crippen molar-refractivity contribution in [2.75, 3.05) is 43.9 Å². The van der Waals surface area contributed by atoms with Crippen LogP contribution in [0.3, 0.4) is 0 Å². The molecule has 2 saturated heterocycles. The molecule has 0 bridgehead atoms. The van der Waals surface area contributed by atoms with Crippen LogP contribution in [0.4, 0.5) is 11.6 Å². The van der Waals surface area contributed by atoms with E-state index in [1.807, 2.05) is 18.2 Å². The predicted molar refractivity (Wildman–Crippen MR) is 116 cm³/mol. The highest BCUT2D eigenvalue weighted by molar-refractivity contribution is 6.33. The maximum absolute atomic E-state index is 6.19. The lowest BCUT2D eigenvalue weighted by atomic mass is 10.0. The van der Waals surface area contributed by atoms with Crippen molar-refractivity contribution >= 4 is 23.2 Å². The van der Waals surface area contributed by atoms with Gasteiger partial charge in [-0.05, 0) is 62.9 Å². The van der Waals surface area contributed by atoms with Gasteiger partial charge in [-0.3, -0.25) is 0 Å². The number of anilines is 2. The molecule has 6 nitrogen and oxygen atoms in total. The molecule has 0 saturated carbocycles. The number of aromatic nitrogens is 2. The minimum absolute atomic E-state index is 0.432. The number of pyridine rings is 2. The average molecular weight is 404 g/mol. The molecular weight excluding hydrogens is 374 g/mol. The number of rotatable bonds is 4. The van der Waals surface area contributed by atoms with Crippen LogP contribution in [-0.2, 0) is 4.74 Å². The molecule has 2 aromatic heterocycles. The summed E-state index contributed by atoms with van der Waals surface area (Å²) < 4.78 is 5.38. The molecule has 28 heavy (non-hydrogen) atoms. The Balaban J connectivity index is 0.000000320. The molecule has 4 N–H and O–H groups in total. The SMILES string of the molecule is C1CCNCC1.Nc1cc(-c2cccc(NCC3CCOCC3)n2)c(Cl)cn1. The van der Waals surface area contributed by atoms with Crippen LogP contribution in [0.2, 0.25) is 5.02 Å². The largest absolute Gasteiger partial charge is 0.384 e. The maximum atomic E-state index is 6.19. The smallest absolute Gasteiger partial charge is 0.126 e. The van der Waals surface area contributed by atoms with E-state index in [0.717, 1.165) is 49.7 Å². The van der Waals surface area contributed by atoms with Crippen LogP contribution in [-0.4, -0.2) is 42.8 Å². The third-order valence-electron chi connectivity index (χ3n) is 5.02. The minimum atomic E-state index is 0.432. The molecule has 7 heteroatoms. The van der Waals surface area contributed by atoms with Gasteiger partial charge in [0.2, 0.25) is 0 Å². The summed E-state index contributed by atoms with van der Waals surface area (Å²) in [6.45, 7) is 5.11. The van der Waals surface area contributed by atoms with Crippen LogP contribution in [0.1, 0.15) is 32.1 Å². The van der Waals surface area contributed by atoms with Crippen LogP contribution in [0, 0.1) is 5.92 Å². The molecule has 152 valence electrons. The number of piperidine rings is 1. The highest BCUT2D eigenvalue weighted by Gasteiger charge is 2.14. The second-order valence-corrected chi connectivity index (χ2v) is 7.65. The van der Waals surface area contributed by atoms with Gasteiger partial charge in [0.05, 0.1) is 10.7 Å². The van der Waals surface area contributed by atoms with Gasteiger partial charge in [0.15, 0.2) is 0 Å². The fourth-order valence-electron chi connectivity index (χ4n) is 3.34. The van der Waals surface area contributed by atoms with Gasteiger partial charge < -0.3 is 21.1 Å². The Hall–Kier alpha value is -1.89. The van der Waals surface area contributed by atoms with Crippen molar-refractivity contribution in [3.63, 3.8) is 0 Å². The van der Waals surface area contributed by atoms with Gasteiger partial charge in [0, 0.05) is 31.5 Å². The third kappa shape index (κ3) is 6.62. The molecule has 0 spiro atoms. The fraction of sp³-hybridized carbons (Fsp3) is 0.524. The Morgan fingerprint density at radius 3 is 2.64 bits per heavy atom. The Morgan fingerprint density at radius 1 is 1.18 bits per heavy atom. The first-order valence-corrected chi connectivity index (χ1v) is 10.5. The molecule has 0 aromatic carbocycles. The van der Waals surface area contributed by atoms with Crippen molar-refractivity contribution in [3.05, 3.63) is 35.5 Å². The minimum Gasteiger partial charge on any atom is -0.384 e. The number of nitrogens with zero attached hydrogens (tertiary/aromatic N) is 2. The second-order valence-electron chi connectivity index (χ2n) is 7.24. The van der Waals surface area contributed by atoms with Gasteiger partial charge in [0.1, 0.15) is 11.6 Å². The number of nitrogen functional groups attached to an aromatic ring is 1. The Morgan fingerprint density at radius 2 is 1.96 bits per heavy atom. The van der Waals surface area contributed by atoms with Crippen molar-refractivity contribution in [2.24, 2.45) is 5.92 Å². The maximum Gasteiger partial charge on any atom is 0.126 e. The fourth-order valence-corrected chi connectivity index (χ4v) is 3.54. The number of ether oxygens (including phenoxy) is 1. The molecule has 4 heterocycles. The van der Waals surface area contributed by atoms with E-state index in [4.69, 9.17) is 22.1 Å². The summed E-state index contributed by atoms with van der Waals surface area (Å²) in [5.41, 5.74) is 7.32. The Labute approximate surface area is 172 Å². The number of hydrogen-bond acceptors (Lipinski definition) is 6. The number of halogens is 1. The van der Waals surface area contributed by atoms with Crippen LogP contribution in [0.15, 0.2) is 30.5 Å². The molecule has 2 fully saturated rings. The third-order valence-corrected chi connectivity index (χ3v) is 5.32. The van der Waals surface area contributed by atoms with Crippen molar-refractivity contribution < 1.29 is 4.74 Å². The first-order valence-electron chi connectivity index (χ1n) is 10.1. The van der Waals surface area contributed by atoms with Gasteiger partial charge in [0.25, 0.3) is 0 Å². The molecule has 0 radical (unpaired) electrons. The van der Waals surface area contributed by atoms with E-state index >= 15 is 0 Å². The topological polar surface area (TPSA) is 85.1 Å². The molecule has 2 aliphatic rings. The van der Waals surface area contributed by atoms with E-state index in [-0.39, 0.29) is 0 Å². The van der Waals surface area contributed by atoms with E-state index in [9.17, 15) is 0 Å². The van der Waals surface area contributed by atoms with Crippen LogP contribution >= 0.6 is 11.6 Å². The average Bonchev–Trinajstić information content (AvgIpc) is 2.76. The molecule has 0 unspecified atom stereocenters. The zero-order valence-corrected chi connectivity index (χ0v) is 17.0. The molecule has 2 aliphatic heterocycles. The summed E-state index contributed by atoms with van der Waals surface area (Å²) in [6, 6.07) is 7.58. The summed E-state index contributed by atoms with van der Waals surface area (Å²) in [6.07, 6.45) is 7.96. The van der Waals surface area contributed by atoms with E-state index in [0.29, 0.717) is 16.8 Å². The summed E-state index contributed by atoms with van der Waals surface area (Å²) in [7, 11) is 0. The highest BCUT2D eigenvalue weighted by atomic mass is 35.5. The molecule has 0 amide bonds. The second kappa shape index (κ2) is 11.2. The van der Waals surface area contributed by atoms with Crippen molar-refractivity contribution in [1.29, 1.82) is 0 Å². The van der Waals surface area contributed by atoms with E-state index in [2.05, 4.69) is 20.6 Å². The quantitative estimate of drug-likeness (QED) is 0.716. The van der Waals surface area contributed by atoms with Crippen LogP contribution in [0.25, 0.3) is 11.3 Å². The van der Waals surface area contributed by atoms with Gasteiger partial charge in [-0.25, -0.2) is 9.97 Å².